The van der Waals surface area contributed by atoms with Gasteiger partial charge in [0, 0.05) is 37.6 Å². The molecule has 5 heteroatoms. The van der Waals surface area contributed by atoms with Crippen LogP contribution in [0, 0.1) is 13.8 Å². The van der Waals surface area contributed by atoms with Crippen LogP contribution in [0.15, 0.2) is 0 Å². The molecule has 0 saturated heterocycles. The van der Waals surface area contributed by atoms with Crippen molar-refractivity contribution in [3.05, 3.63) is 15.6 Å². The minimum atomic E-state index is -0.747. The quantitative estimate of drug-likeness (QED) is 0.799. The number of aromatic nitrogens is 1. The Morgan fingerprint density at radius 1 is 1.50 bits per heavy atom. The van der Waals surface area contributed by atoms with Gasteiger partial charge in [-0.05, 0) is 27.7 Å². The van der Waals surface area contributed by atoms with Gasteiger partial charge in [-0.15, -0.1) is 11.3 Å². The van der Waals surface area contributed by atoms with Crippen molar-refractivity contribution in [2.45, 2.75) is 45.8 Å². The number of aliphatic hydroxyl groups is 1. The zero-order valence-electron chi connectivity index (χ0n) is 11.9. The van der Waals surface area contributed by atoms with Crippen LogP contribution in [0.25, 0.3) is 0 Å². The third-order valence-corrected chi connectivity index (χ3v) is 3.89. The van der Waals surface area contributed by atoms with E-state index in [-0.39, 0.29) is 6.04 Å². The zero-order valence-corrected chi connectivity index (χ0v) is 12.7. The SMILES string of the molecule is COCCC(C)(O)CNC(C)c1nc(C)sc1C. The lowest BCUT2D eigenvalue weighted by Crippen LogP contribution is -2.39. The van der Waals surface area contributed by atoms with E-state index in [0.717, 1.165) is 10.7 Å². The summed E-state index contributed by atoms with van der Waals surface area (Å²) in [7, 11) is 1.65. The Labute approximate surface area is 113 Å². The molecule has 4 nitrogen and oxygen atoms in total. The second-order valence-corrected chi connectivity index (χ2v) is 6.42. The maximum Gasteiger partial charge on any atom is 0.0900 e. The highest BCUT2D eigenvalue weighted by Crippen LogP contribution is 2.22. The minimum Gasteiger partial charge on any atom is -0.389 e. The maximum absolute atomic E-state index is 10.2. The molecule has 0 aliphatic heterocycles. The van der Waals surface area contributed by atoms with Gasteiger partial charge in [0.2, 0.25) is 0 Å². The summed E-state index contributed by atoms with van der Waals surface area (Å²) in [6.45, 7) is 9.11. The van der Waals surface area contributed by atoms with E-state index in [1.54, 1.807) is 18.4 Å². The Morgan fingerprint density at radius 3 is 2.67 bits per heavy atom. The predicted molar refractivity (Wildman–Crippen MR) is 75.1 cm³/mol. The van der Waals surface area contributed by atoms with Crippen molar-refractivity contribution >= 4 is 11.3 Å². The third-order valence-electron chi connectivity index (χ3n) is 2.98. The van der Waals surface area contributed by atoms with Crippen LogP contribution < -0.4 is 5.32 Å². The van der Waals surface area contributed by atoms with E-state index >= 15 is 0 Å². The monoisotopic (exact) mass is 272 g/mol. The Morgan fingerprint density at radius 2 is 2.17 bits per heavy atom. The Hall–Kier alpha value is -0.490. The Bertz CT molecular complexity index is 377. The van der Waals surface area contributed by atoms with Gasteiger partial charge in [0.1, 0.15) is 0 Å². The van der Waals surface area contributed by atoms with Crippen molar-refractivity contribution in [1.29, 1.82) is 0 Å². The maximum atomic E-state index is 10.2. The first-order chi connectivity index (χ1) is 8.35. The molecule has 0 fully saturated rings. The Kier molecular flexibility index (Phi) is 5.72. The van der Waals surface area contributed by atoms with E-state index in [1.807, 2.05) is 13.8 Å². The van der Waals surface area contributed by atoms with Crippen molar-refractivity contribution in [3.8, 4) is 0 Å². The van der Waals surface area contributed by atoms with Crippen molar-refractivity contribution in [3.63, 3.8) is 0 Å². The highest BCUT2D eigenvalue weighted by Gasteiger charge is 2.22. The van der Waals surface area contributed by atoms with Crippen LogP contribution in [0.3, 0.4) is 0 Å². The van der Waals surface area contributed by atoms with Gasteiger partial charge in [0.25, 0.3) is 0 Å². The van der Waals surface area contributed by atoms with Gasteiger partial charge in [0.15, 0.2) is 0 Å². The molecule has 104 valence electrons. The fourth-order valence-electron chi connectivity index (χ4n) is 1.83. The second kappa shape index (κ2) is 6.61. The van der Waals surface area contributed by atoms with Gasteiger partial charge in [-0.2, -0.15) is 0 Å². The van der Waals surface area contributed by atoms with Gasteiger partial charge < -0.3 is 15.2 Å². The van der Waals surface area contributed by atoms with Crippen LogP contribution in [0.2, 0.25) is 0 Å². The number of aryl methyl sites for hydroxylation is 2. The van der Waals surface area contributed by atoms with Gasteiger partial charge in [-0.25, -0.2) is 4.98 Å². The van der Waals surface area contributed by atoms with E-state index in [0.29, 0.717) is 19.6 Å². The number of methoxy groups -OCH3 is 1. The lowest BCUT2D eigenvalue weighted by atomic mass is 10.0. The first-order valence-electron chi connectivity index (χ1n) is 6.24. The number of hydrogen-bond donors (Lipinski definition) is 2. The smallest absolute Gasteiger partial charge is 0.0900 e. The molecule has 0 aliphatic carbocycles. The highest BCUT2D eigenvalue weighted by atomic mass is 32.1. The van der Waals surface area contributed by atoms with Crippen molar-refractivity contribution in [2.75, 3.05) is 20.3 Å². The van der Waals surface area contributed by atoms with E-state index in [2.05, 4.69) is 24.1 Å². The molecule has 0 aliphatic rings. The highest BCUT2D eigenvalue weighted by molar-refractivity contribution is 7.11. The molecule has 2 atom stereocenters. The first-order valence-corrected chi connectivity index (χ1v) is 7.06. The molecule has 0 amide bonds. The average molecular weight is 272 g/mol. The molecular formula is C13H24N2O2S. The molecule has 0 radical (unpaired) electrons. The van der Waals surface area contributed by atoms with Gasteiger partial charge in [-0.1, -0.05) is 0 Å². The molecule has 2 N–H and O–H groups in total. The van der Waals surface area contributed by atoms with Crippen molar-refractivity contribution in [2.24, 2.45) is 0 Å². The largest absolute Gasteiger partial charge is 0.389 e. The third kappa shape index (κ3) is 4.65. The molecule has 1 aromatic rings. The number of hydrogen-bond acceptors (Lipinski definition) is 5. The summed E-state index contributed by atoms with van der Waals surface area (Å²) in [5.74, 6) is 0. The summed E-state index contributed by atoms with van der Waals surface area (Å²) in [4.78, 5) is 5.76. The summed E-state index contributed by atoms with van der Waals surface area (Å²) >= 11 is 1.71. The predicted octanol–water partition coefficient (Wildman–Crippen LogP) is 2.20. The number of rotatable bonds is 7. The molecule has 0 saturated carbocycles. The zero-order chi connectivity index (χ0) is 13.8. The molecule has 2 unspecified atom stereocenters. The van der Waals surface area contributed by atoms with Gasteiger partial charge >= 0.3 is 0 Å². The minimum absolute atomic E-state index is 0.156. The number of ether oxygens (including phenoxy) is 1. The average Bonchev–Trinajstić information content (AvgIpc) is 2.63. The molecule has 1 rings (SSSR count). The molecule has 0 aromatic carbocycles. The summed E-state index contributed by atoms with van der Waals surface area (Å²) < 4.78 is 4.99. The second-order valence-electron chi connectivity index (χ2n) is 5.02. The molecule has 1 heterocycles. The first kappa shape index (κ1) is 15.6. The van der Waals surface area contributed by atoms with Crippen LogP contribution in [0.5, 0.6) is 0 Å². The van der Waals surface area contributed by atoms with Crippen LogP contribution in [-0.2, 0) is 4.74 Å². The summed E-state index contributed by atoms with van der Waals surface area (Å²) in [5, 5.41) is 14.6. The van der Waals surface area contributed by atoms with Crippen molar-refractivity contribution < 1.29 is 9.84 Å². The normalized spacial score (nSPS) is 16.6. The standard InChI is InChI=1S/C13H24N2O2S/c1-9(12-10(2)18-11(3)15-12)14-8-13(4,16)6-7-17-5/h9,14,16H,6-8H2,1-5H3. The lowest BCUT2D eigenvalue weighted by molar-refractivity contribution is 0.0230. The van der Waals surface area contributed by atoms with Gasteiger partial charge in [-0.3, -0.25) is 0 Å². The molecule has 0 bridgehead atoms. The molecule has 0 spiro atoms. The van der Waals surface area contributed by atoms with Crippen molar-refractivity contribution in [1.82, 2.24) is 10.3 Å². The summed E-state index contributed by atoms with van der Waals surface area (Å²) in [6, 6.07) is 0.156. The summed E-state index contributed by atoms with van der Waals surface area (Å²) in [5.41, 5.74) is 0.337. The number of nitrogens with zero attached hydrogens (tertiary/aromatic N) is 1. The number of thiazole rings is 1. The summed E-state index contributed by atoms with van der Waals surface area (Å²) in [6.07, 6.45) is 0.623. The van der Waals surface area contributed by atoms with Crippen LogP contribution in [0.4, 0.5) is 0 Å². The number of nitrogens with one attached hydrogen (secondary N) is 1. The van der Waals surface area contributed by atoms with Crippen LogP contribution in [0.1, 0.15) is 41.9 Å². The fraction of sp³-hybridized carbons (Fsp3) is 0.769. The van der Waals surface area contributed by atoms with E-state index in [1.165, 1.54) is 4.88 Å². The fourth-order valence-corrected chi connectivity index (χ4v) is 2.74. The van der Waals surface area contributed by atoms with Crippen LogP contribution >= 0.6 is 11.3 Å². The topological polar surface area (TPSA) is 54.4 Å². The van der Waals surface area contributed by atoms with Crippen LogP contribution in [-0.4, -0.2) is 36.0 Å². The Balaban J connectivity index is 2.50. The van der Waals surface area contributed by atoms with E-state index in [4.69, 9.17) is 4.74 Å². The van der Waals surface area contributed by atoms with E-state index < -0.39 is 5.60 Å². The van der Waals surface area contributed by atoms with E-state index in [9.17, 15) is 5.11 Å². The molecule has 1 aromatic heterocycles. The molecule has 18 heavy (non-hydrogen) atoms. The van der Waals surface area contributed by atoms with Gasteiger partial charge in [0.05, 0.1) is 16.3 Å². The molecular weight excluding hydrogens is 248 g/mol. The lowest BCUT2D eigenvalue weighted by Gasteiger charge is -2.25.